The molecule has 0 atom stereocenters. The van der Waals surface area contributed by atoms with Gasteiger partial charge < -0.3 is 4.42 Å². The Morgan fingerprint density at radius 2 is 2.16 bits per heavy atom. The highest BCUT2D eigenvalue weighted by molar-refractivity contribution is 5.08. The molecule has 0 aromatic carbocycles. The summed E-state index contributed by atoms with van der Waals surface area (Å²) in [6, 6.07) is 5.57. The second kappa shape index (κ2) is 6.64. The normalized spacial score (nSPS) is 15.1. The third-order valence-corrected chi connectivity index (χ3v) is 4.33. The molecule has 25 heavy (non-hydrogen) atoms. The standard InChI is InChI=1S/C17H20N6O2/c1-13-3-4-15(25-13)9-21-5-2-6-23-16(10-21)20-14(7-17(23)24)8-22-12-18-11-19-22/h3-4,7,11-12H,2,5-6,8-10H2,1H3. The molecule has 130 valence electrons. The lowest BCUT2D eigenvalue weighted by atomic mass is 10.3. The molecule has 4 heterocycles. The number of hydrogen-bond donors (Lipinski definition) is 0. The topological polar surface area (TPSA) is 82.0 Å². The van der Waals surface area contributed by atoms with Gasteiger partial charge in [0.15, 0.2) is 0 Å². The van der Waals surface area contributed by atoms with Crippen molar-refractivity contribution in [1.29, 1.82) is 0 Å². The second-order valence-electron chi connectivity index (χ2n) is 6.32. The van der Waals surface area contributed by atoms with Crippen molar-refractivity contribution in [3.05, 3.63) is 64.2 Å². The van der Waals surface area contributed by atoms with E-state index < -0.39 is 0 Å². The molecule has 0 bridgehead atoms. The molecule has 4 rings (SSSR count). The molecule has 8 heteroatoms. The monoisotopic (exact) mass is 340 g/mol. The zero-order chi connectivity index (χ0) is 17.2. The number of furan rings is 1. The number of hydrogen-bond acceptors (Lipinski definition) is 6. The van der Waals surface area contributed by atoms with Crippen molar-refractivity contribution in [3.8, 4) is 0 Å². The molecule has 1 aliphatic heterocycles. The van der Waals surface area contributed by atoms with Crippen LogP contribution in [0.4, 0.5) is 0 Å². The zero-order valence-electron chi connectivity index (χ0n) is 14.1. The van der Waals surface area contributed by atoms with Gasteiger partial charge in [0, 0.05) is 19.2 Å². The van der Waals surface area contributed by atoms with E-state index in [4.69, 9.17) is 9.40 Å². The van der Waals surface area contributed by atoms with Crippen LogP contribution in [0.25, 0.3) is 0 Å². The summed E-state index contributed by atoms with van der Waals surface area (Å²) in [5, 5.41) is 4.08. The Hall–Kier alpha value is -2.74. The first kappa shape index (κ1) is 15.8. The van der Waals surface area contributed by atoms with Gasteiger partial charge in [-0.3, -0.25) is 14.3 Å². The molecule has 0 radical (unpaired) electrons. The third kappa shape index (κ3) is 3.53. The minimum Gasteiger partial charge on any atom is -0.465 e. The van der Waals surface area contributed by atoms with Crippen LogP contribution >= 0.6 is 0 Å². The van der Waals surface area contributed by atoms with Crippen LogP contribution < -0.4 is 5.56 Å². The Morgan fingerprint density at radius 3 is 2.92 bits per heavy atom. The first-order chi connectivity index (χ1) is 12.2. The van der Waals surface area contributed by atoms with Gasteiger partial charge >= 0.3 is 0 Å². The summed E-state index contributed by atoms with van der Waals surface area (Å²) in [4.78, 5) is 23.4. The maximum absolute atomic E-state index is 12.5. The number of aromatic nitrogens is 5. The van der Waals surface area contributed by atoms with Crippen molar-refractivity contribution >= 4 is 0 Å². The average Bonchev–Trinajstić information content (AvgIpc) is 3.16. The third-order valence-electron chi connectivity index (χ3n) is 4.33. The molecule has 8 nitrogen and oxygen atoms in total. The van der Waals surface area contributed by atoms with E-state index in [0.717, 1.165) is 36.9 Å². The highest BCUT2D eigenvalue weighted by atomic mass is 16.3. The van der Waals surface area contributed by atoms with Crippen LogP contribution in [0.15, 0.2) is 40.1 Å². The van der Waals surface area contributed by atoms with E-state index in [-0.39, 0.29) is 5.56 Å². The van der Waals surface area contributed by atoms with Gasteiger partial charge in [0.25, 0.3) is 5.56 Å². The summed E-state index contributed by atoms with van der Waals surface area (Å²) >= 11 is 0. The van der Waals surface area contributed by atoms with Crippen LogP contribution in [0.5, 0.6) is 0 Å². The summed E-state index contributed by atoms with van der Waals surface area (Å²) in [5.74, 6) is 2.64. The minimum absolute atomic E-state index is 0.00388. The Morgan fingerprint density at radius 1 is 1.24 bits per heavy atom. The molecule has 0 saturated heterocycles. The van der Waals surface area contributed by atoms with E-state index in [9.17, 15) is 4.79 Å². The lowest BCUT2D eigenvalue weighted by Gasteiger charge is -2.18. The summed E-state index contributed by atoms with van der Waals surface area (Å²) < 4.78 is 9.13. The SMILES string of the molecule is Cc1ccc(CN2CCCn3c(nc(Cn4cncn4)cc3=O)C2)o1. The van der Waals surface area contributed by atoms with Gasteiger partial charge in [0.05, 0.1) is 25.3 Å². The quantitative estimate of drug-likeness (QED) is 0.709. The Kier molecular flexibility index (Phi) is 4.19. The maximum Gasteiger partial charge on any atom is 0.253 e. The van der Waals surface area contributed by atoms with Crippen LogP contribution in [-0.2, 0) is 26.2 Å². The van der Waals surface area contributed by atoms with E-state index in [1.807, 2.05) is 19.1 Å². The number of rotatable bonds is 4. The fourth-order valence-electron chi connectivity index (χ4n) is 3.18. The van der Waals surface area contributed by atoms with Crippen LogP contribution in [0.2, 0.25) is 0 Å². The van der Waals surface area contributed by atoms with E-state index in [2.05, 4.69) is 15.0 Å². The van der Waals surface area contributed by atoms with Crippen molar-refractivity contribution in [2.45, 2.75) is 39.5 Å². The van der Waals surface area contributed by atoms with Crippen molar-refractivity contribution < 1.29 is 4.42 Å². The molecular weight excluding hydrogens is 320 g/mol. The first-order valence-electron chi connectivity index (χ1n) is 8.37. The average molecular weight is 340 g/mol. The first-order valence-corrected chi connectivity index (χ1v) is 8.37. The molecule has 0 aliphatic carbocycles. The van der Waals surface area contributed by atoms with E-state index in [0.29, 0.717) is 25.3 Å². The molecule has 0 unspecified atom stereocenters. The maximum atomic E-state index is 12.5. The second-order valence-corrected chi connectivity index (χ2v) is 6.32. The summed E-state index contributed by atoms with van der Waals surface area (Å²) in [6.45, 7) is 5.33. The highest BCUT2D eigenvalue weighted by Crippen LogP contribution is 2.15. The van der Waals surface area contributed by atoms with Crippen molar-refractivity contribution in [2.24, 2.45) is 0 Å². The molecule has 0 spiro atoms. The van der Waals surface area contributed by atoms with Crippen molar-refractivity contribution in [3.63, 3.8) is 0 Å². The molecule has 3 aromatic rings. The predicted octanol–water partition coefficient (Wildman–Crippen LogP) is 1.19. The van der Waals surface area contributed by atoms with Gasteiger partial charge in [-0.05, 0) is 25.5 Å². The van der Waals surface area contributed by atoms with Crippen LogP contribution in [-0.4, -0.2) is 35.8 Å². The van der Waals surface area contributed by atoms with E-state index in [1.54, 1.807) is 21.6 Å². The lowest BCUT2D eigenvalue weighted by Crippen LogP contribution is -2.27. The van der Waals surface area contributed by atoms with Crippen LogP contribution in [0.1, 0.15) is 29.5 Å². The van der Waals surface area contributed by atoms with Crippen molar-refractivity contribution in [2.75, 3.05) is 6.54 Å². The van der Waals surface area contributed by atoms with Gasteiger partial charge in [-0.15, -0.1) is 0 Å². The molecular formula is C17H20N6O2. The fraction of sp³-hybridized carbons (Fsp3) is 0.412. The molecule has 0 N–H and O–H groups in total. The molecule has 3 aromatic heterocycles. The molecule has 0 amide bonds. The summed E-state index contributed by atoms with van der Waals surface area (Å²) in [5.41, 5.74) is 0.702. The molecule has 1 aliphatic rings. The minimum atomic E-state index is -0.00388. The van der Waals surface area contributed by atoms with Gasteiger partial charge in [-0.2, -0.15) is 5.10 Å². The number of aryl methyl sites for hydroxylation is 1. The number of nitrogens with zero attached hydrogens (tertiary/aromatic N) is 6. The summed E-state index contributed by atoms with van der Waals surface area (Å²) in [7, 11) is 0. The van der Waals surface area contributed by atoms with Crippen LogP contribution in [0, 0.1) is 6.92 Å². The van der Waals surface area contributed by atoms with E-state index >= 15 is 0 Å². The van der Waals surface area contributed by atoms with Gasteiger partial charge in [0.1, 0.15) is 30.0 Å². The molecule has 0 saturated carbocycles. The lowest BCUT2D eigenvalue weighted by molar-refractivity contribution is 0.235. The predicted molar refractivity (Wildman–Crippen MR) is 89.8 cm³/mol. The van der Waals surface area contributed by atoms with Gasteiger partial charge in [0.2, 0.25) is 0 Å². The van der Waals surface area contributed by atoms with Gasteiger partial charge in [-0.25, -0.2) is 14.6 Å². The van der Waals surface area contributed by atoms with Crippen molar-refractivity contribution in [1.82, 2.24) is 29.2 Å². The summed E-state index contributed by atoms with van der Waals surface area (Å²) in [6.07, 6.45) is 4.01. The largest absolute Gasteiger partial charge is 0.465 e. The Bertz CT molecular complexity index is 912. The Balaban J connectivity index is 1.58. The number of fused-ring (bicyclic) bond motifs is 1. The fourth-order valence-corrected chi connectivity index (χ4v) is 3.18. The van der Waals surface area contributed by atoms with Gasteiger partial charge in [-0.1, -0.05) is 0 Å². The smallest absolute Gasteiger partial charge is 0.253 e. The van der Waals surface area contributed by atoms with E-state index in [1.165, 1.54) is 6.33 Å². The molecule has 0 fully saturated rings. The highest BCUT2D eigenvalue weighted by Gasteiger charge is 2.18. The van der Waals surface area contributed by atoms with Crippen LogP contribution in [0.3, 0.4) is 0 Å². The zero-order valence-corrected chi connectivity index (χ0v) is 14.1. The Labute approximate surface area is 144 Å².